The third-order valence-corrected chi connectivity index (χ3v) is 2.50. The monoisotopic (exact) mass is 237 g/mol. The molecule has 0 unspecified atom stereocenters. The highest BCUT2D eigenvalue weighted by atomic mass is 32.1. The van der Waals surface area contributed by atoms with Crippen molar-refractivity contribution in [3.63, 3.8) is 0 Å². The third kappa shape index (κ3) is 2.19. The van der Waals surface area contributed by atoms with Crippen LogP contribution in [-0.2, 0) is 4.79 Å². The van der Waals surface area contributed by atoms with E-state index < -0.39 is 0 Å². The Balaban J connectivity index is 2.27. The van der Waals surface area contributed by atoms with Gasteiger partial charge in [0.25, 0.3) is 5.91 Å². The van der Waals surface area contributed by atoms with Gasteiger partial charge in [-0.15, -0.1) is 0 Å². The molecule has 4 nitrogen and oxygen atoms in total. The van der Waals surface area contributed by atoms with E-state index in [4.69, 9.17) is 4.74 Å². The van der Waals surface area contributed by atoms with Gasteiger partial charge in [-0.05, 0) is 24.0 Å². The topological polar surface area (TPSA) is 55.4 Å². The summed E-state index contributed by atoms with van der Waals surface area (Å²) >= 11 is 4.01. The van der Waals surface area contributed by atoms with Crippen LogP contribution in [0.25, 0.3) is 0 Å². The first-order valence-corrected chi connectivity index (χ1v) is 5.54. The number of hydrogen-bond donors (Lipinski definition) is 2. The number of thiol groups is 1. The summed E-state index contributed by atoms with van der Waals surface area (Å²) in [6.45, 7) is 0.0247. The maximum atomic E-state index is 11.6. The molecule has 1 N–H and O–H groups in total. The van der Waals surface area contributed by atoms with Crippen molar-refractivity contribution < 1.29 is 14.3 Å². The molecule has 0 spiro atoms. The van der Waals surface area contributed by atoms with Gasteiger partial charge in [0.1, 0.15) is 5.75 Å². The molecule has 0 aromatic heterocycles. The number of benzene rings is 1. The Bertz CT molecular complexity index is 445. The third-order valence-electron chi connectivity index (χ3n) is 2.27. The van der Waals surface area contributed by atoms with Crippen molar-refractivity contribution in [2.24, 2.45) is 0 Å². The highest BCUT2D eigenvalue weighted by molar-refractivity contribution is 7.80. The summed E-state index contributed by atoms with van der Waals surface area (Å²) < 4.78 is 5.19. The fraction of sp³-hybridized carbons (Fsp3) is 0.273. The van der Waals surface area contributed by atoms with Crippen molar-refractivity contribution in [1.82, 2.24) is 0 Å². The first-order valence-electron chi connectivity index (χ1n) is 4.91. The number of carbonyl (C=O) groups excluding carboxylic acids is 2. The SMILES string of the molecule is O=C1COc2ccc(C(=O)CCS)cc2N1. The fourth-order valence-corrected chi connectivity index (χ4v) is 1.71. The fourth-order valence-electron chi connectivity index (χ4n) is 1.50. The molecular formula is C11H11NO3S. The second-order valence-corrected chi connectivity index (χ2v) is 3.89. The molecule has 1 aromatic carbocycles. The molecule has 0 saturated carbocycles. The van der Waals surface area contributed by atoms with E-state index in [1.807, 2.05) is 0 Å². The van der Waals surface area contributed by atoms with Crippen LogP contribution >= 0.6 is 12.6 Å². The number of Topliss-reactive ketones (excluding diaryl/α,β-unsaturated/α-hetero) is 1. The zero-order valence-electron chi connectivity index (χ0n) is 8.53. The molecule has 1 aliphatic heterocycles. The van der Waals surface area contributed by atoms with Gasteiger partial charge in [-0.3, -0.25) is 9.59 Å². The van der Waals surface area contributed by atoms with Gasteiger partial charge in [0.2, 0.25) is 0 Å². The Labute approximate surface area is 98.4 Å². The van der Waals surface area contributed by atoms with Gasteiger partial charge >= 0.3 is 0 Å². The number of hydrogen-bond acceptors (Lipinski definition) is 4. The normalized spacial score (nSPS) is 13.7. The van der Waals surface area contributed by atoms with E-state index in [2.05, 4.69) is 17.9 Å². The van der Waals surface area contributed by atoms with E-state index in [1.165, 1.54) is 0 Å². The number of anilines is 1. The summed E-state index contributed by atoms with van der Waals surface area (Å²) in [5, 5.41) is 2.66. The van der Waals surface area contributed by atoms with Gasteiger partial charge < -0.3 is 10.1 Å². The van der Waals surface area contributed by atoms with Gasteiger partial charge in [0, 0.05) is 12.0 Å². The Hall–Kier alpha value is -1.49. The Morgan fingerprint density at radius 3 is 3.06 bits per heavy atom. The molecule has 0 fully saturated rings. The second-order valence-electron chi connectivity index (χ2n) is 3.44. The van der Waals surface area contributed by atoms with E-state index in [0.717, 1.165) is 0 Å². The first kappa shape index (κ1) is 11.0. The van der Waals surface area contributed by atoms with Gasteiger partial charge in [-0.1, -0.05) is 0 Å². The predicted molar refractivity (Wildman–Crippen MR) is 63.4 cm³/mol. The van der Waals surface area contributed by atoms with Gasteiger partial charge in [0.05, 0.1) is 5.69 Å². The number of carbonyl (C=O) groups is 2. The quantitative estimate of drug-likeness (QED) is 0.619. The summed E-state index contributed by atoms with van der Waals surface area (Å²) in [5.74, 6) is 0.921. The number of ether oxygens (including phenoxy) is 1. The molecule has 1 aromatic rings. The molecule has 1 aliphatic rings. The summed E-state index contributed by atoms with van der Waals surface area (Å²) in [7, 11) is 0. The maximum Gasteiger partial charge on any atom is 0.262 e. The van der Waals surface area contributed by atoms with Crippen molar-refractivity contribution in [1.29, 1.82) is 0 Å². The highest BCUT2D eigenvalue weighted by Crippen LogP contribution is 2.28. The molecule has 1 amide bonds. The van der Waals surface area contributed by atoms with E-state index in [9.17, 15) is 9.59 Å². The molecule has 0 bridgehead atoms. The molecule has 5 heteroatoms. The van der Waals surface area contributed by atoms with Crippen molar-refractivity contribution in [3.8, 4) is 5.75 Å². The van der Waals surface area contributed by atoms with Crippen LogP contribution in [0.4, 0.5) is 5.69 Å². The maximum absolute atomic E-state index is 11.6. The van der Waals surface area contributed by atoms with Crippen LogP contribution in [0.5, 0.6) is 5.75 Å². The predicted octanol–water partition coefficient (Wildman–Crippen LogP) is 1.52. The lowest BCUT2D eigenvalue weighted by Gasteiger charge is -2.18. The van der Waals surface area contributed by atoms with Crippen LogP contribution in [0.2, 0.25) is 0 Å². The standard InChI is InChI=1S/C11H11NO3S/c13-9(3-4-16)7-1-2-10-8(5-7)12-11(14)6-15-10/h1-2,5,16H,3-4,6H2,(H,12,14). The van der Waals surface area contributed by atoms with E-state index in [-0.39, 0.29) is 18.3 Å². The minimum absolute atomic E-state index is 0.0117. The van der Waals surface area contributed by atoms with Gasteiger partial charge in [0.15, 0.2) is 12.4 Å². The molecule has 0 atom stereocenters. The number of ketones is 1. The van der Waals surface area contributed by atoms with Gasteiger partial charge in [-0.25, -0.2) is 0 Å². The van der Waals surface area contributed by atoms with Gasteiger partial charge in [-0.2, -0.15) is 12.6 Å². The number of nitrogens with one attached hydrogen (secondary N) is 1. The summed E-state index contributed by atoms with van der Waals surface area (Å²) in [5.41, 5.74) is 1.12. The summed E-state index contributed by atoms with van der Waals surface area (Å²) in [6.07, 6.45) is 0.386. The van der Waals surface area contributed by atoms with Crippen LogP contribution in [0.3, 0.4) is 0 Å². The molecule has 2 rings (SSSR count). The summed E-state index contributed by atoms with van der Waals surface area (Å²) in [4.78, 5) is 22.7. The second kappa shape index (κ2) is 4.57. The average molecular weight is 237 g/mol. The van der Waals surface area contributed by atoms with E-state index >= 15 is 0 Å². The Morgan fingerprint density at radius 1 is 1.50 bits per heavy atom. The smallest absolute Gasteiger partial charge is 0.262 e. The van der Waals surface area contributed by atoms with Crippen LogP contribution < -0.4 is 10.1 Å². The Kier molecular flexibility index (Phi) is 3.14. The van der Waals surface area contributed by atoms with Crippen molar-refractivity contribution >= 4 is 30.0 Å². The zero-order valence-corrected chi connectivity index (χ0v) is 9.42. The first-order chi connectivity index (χ1) is 7.70. The zero-order chi connectivity index (χ0) is 11.5. The van der Waals surface area contributed by atoms with Crippen LogP contribution in [0.1, 0.15) is 16.8 Å². The van der Waals surface area contributed by atoms with Crippen molar-refractivity contribution in [2.45, 2.75) is 6.42 Å². The van der Waals surface area contributed by atoms with Crippen molar-refractivity contribution in [2.75, 3.05) is 17.7 Å². The Morgan fingerprint density at radius 2 is 2.31 bits per heavy atom. The number of fused-ring (bicyclic) bond motifs is 1. The summed E-state index contributed by atoms with van der Waals surface area (Å²) in [6, 6.07) is 5.03. The van der Waals surface area contributed by atoms with E-state index in [1.54, 1.807) is 18.2 Å². The molecule has 16 heavy (non-hydrogen) atoms. The lowest BCUT2D eigenvalue weighted by molar-refractivity contribution is -0.118. The average Bonchev–Trinajstić information content (AvgIpc) is 2.28. The number of amides is 1. The lowest BCUT2D eigenvalue weighted by Crippen LogP contribution is -2.25. The molecule has 0 aliphatic carbocycles. The van der Waals surface area contributed by atoms with Crippen LogP contribution in [0.15, 0.2) is 18.2 Å². The molecule has 84 valence electrons. The lowest BCUT2D eigenvalue weighted by atomic mass is 10.1. The highest BCUT2D eigenvalue weighted by Gasteiger charge is 2.17. The number of rotatable bonds is 3. The van der Waals surface area contributed by atoms with Crippen LogP contribution in [0, 0.1) is 0 Å². The van der Waals surface area contributed by atoms with Crippen molar-refractivity contribution in [3.05, 3.63) is 23.8 Å². The minimum Gasteiger partial charge on any atom is -0.482 e. The molecule has 0 radical (unpaired) electrons. The van der Waals surface area contributed by atoms with E-state index in [0.29, 0.717) is 29.2 Å². The largest absolute Gasteiger partial charge is 0.482 e. The molecule has 1 heterocycles. The minimum atomic E-state index is -0.203. The van der Waals surface area contributed by atoms with Crippen LogP contribution in [-0.4, -0.2) is 24.1 Å². The molecular weight excluding hydrogens is 226 g/mol. The molecule has 0 saturated heterocycles.